The predicted octanol–water partition coefficient (Wildman–Crippen LogP) is 1.73. The van der Waals surface area contributed by atoms with Gasteiger partial charge in [0.2, 0.25) is 0 Å². The van der Waals surface area contributed by atoms with E-state index < -0.39 is 18.4 Å². The average molecular weight is 208 g/mol. The molecule has 0 saturated carbocycles. The summed E-state index contributed by atoms with van der Waals surface area (Å²) in [6.07, 6.45) is 0. The molecule has 0 unspecified atom stereocenters. The molecule has 0 bridgehead atoms. The molecule has 1 rings (SSSR count). The molecule has 0 fully saturated rings. The molecular formula is C8H7F3O3. The van der Waals surface area contributed by atoms with Crippen molar-refractivity contribution in [2.45, 2.75) is 6.61 Å². The van der Waals surface area contributed by atoms with E-state index in [1.165, 1.54) is 18.2 Å². The van der Waals surface area contributed by atoms with Crippen LogP contribution in [0.2, 0.25) is 0 Å². The Hall–Kier alpha value is -1.56. The van der Waals surface area contributed by atoms with Crippen molar-refractivity contribution in [2.75, 3.05) is 0 Å². The fourth-order valence-electron chi connectivity index (χ4n) is 0.622. The molecule has 3 nitrogen and oxygen atoms in total. The Kier molecular flexibility index (Phi) is 5.31. The van der Waals surface area contributed by atoms with E-state index in [2.05, 4.69) is 0 Å². The van der Waals surface area contributed by atoms with E-state index in [0.29, 0.717) is 0 Å². The first-order valence-corrected chi connectivity index (χ1v) is 3.38. The average Bonchev–Trinajstić information content (AvgIpc) is 2.03. The summed E-state index contributed by atoms with van der Waals surface area (Å²) < 4.78 is 32.0. The van der Waals surface area contributed by atoms with Crippen molar-refractivity contribution in [2.24, 2.45) is 0 Å². The van der Waals surface area contributed by atoms with Gasteiger partial charge >= 0.3 is 12.6 Å². The third-order valence-corrected chi connectivity index (χ3v) is 1.07. The number of aliphatic hydroxyl groups is 1. The van der Waals surface area contributed by atoms with Gasteiger partial charge in [0.05, 0.1) is 5.56 Å². The molecule has 0 spiro atoms. The van der Waals surface area contributed by atoms with Gasteiger partial charge in [-0.25, -0.2) is 9.18 Å². The minimum Gasteiger partial charge on any atom is -0.478 e. The number of rotatable bonds is 1. The second kappa shape index (κ2) is 5.98. The van der Waals surface area contributed by atoms with Gasteiger partial charge in [-0.05, 0) is 18.2 Å². The summed E-state index contributed by atoms with van der Waals surface area (Å²) in [5.41, 5.74) is -0.0278. The van der Waals surface area contributed by atoms with Crippen LogP contribution in [0.25, 0.3) is 0 Å². The number of hydrogen-bond acceptors (Lipinski definition) is 2. The van der Waals surface area contributed by atoms with Crippen LogP contribution in [0.3, 0.4) is 0 Å². The first-order chi connectivity index (χ1) is 6.43. The number of carbonyl (C=O) groups is 1. The van der Waals surface area contributed by atoms with E-state index in [4.69, 9.17) is 10.2 Å². The number of aromatic carboxylic acids is 1. The predicted molar refractivity (Wildman–Crippen MR) is 41.6 cm³/mol. The summed E-state index contributed by atoms with van der Waals surface area (Å²) in [4.78, 5) is 10.2. The van der Waals surface area contributed by atoms with Gasteiger partial charge in [-0.1, -0.05) is 6.07 Å². The molecule has 14 heavy (non-hydrogen) atoms. The quantitative estimate of drug-likeness (QED) is 0.738. The summed E-state index contributed by atoms with van der Waals surface area (Å²) in [5.74, 6) is -1.64. The molecule has 0 aliphatic rings. The molecule has 0 radical (unpaired) electrons. The Morgan fingerprint density at radius 3 is 2.14 bits per heavy atom. The summed E-state index contributed by atoms with van der Waals surface area (Å²) in [6, 6.07) is 4.87. The zero-order valence-corrected chi connectivity index (χ0v) is 6.82. The molecule has 0 heterocycles. The summed E-state index contributed by atoms with van der Waals surface area (Å²) in [5, 5.41) is 15.1. The number of alkyl halides is 2. The number of hydrogen-bond donors (Lipinski definition) is 2. The van der Waals surface area contributed by atoms with Crippen LogP contribution in [0.4, 0.5) is 13.2 Å². The highest BCUT2D eigenvalue weighted by atomic mass is 19.3. The highest BCUT2D eigenvalue weighted by Gasteiger charge is 2.01. The van der Waals surface area contributed by atoms with Crippen LogP contribution in [-0.2, 0) is 0 Å². The minimum atomic E-state index is -3.17. The Labute approximate surface area is 77.4 Å². The zero-order valence-electron chi connectivity index (χ0n) is 6.82. The van der Waals surface area contributed by atoms with Crippen LogP contribution in [0, 0.1) is 5.82 Å². The van der Waals surface area contributed by atoms with Crippen molar-refractivity contribution in [3.63, 3.8) is 0 Å². The van der Waals surface area contributed by atoms with Crippen molar-refractivity contribution >= 4 is 5.97 Å². The Balaban J connectivity index is 0.000000364. The van der Waals surface area contributed by atoms with E-state index in [-0.39, 0.29) is 5.56 Å². The van der Waals surface area contributed by atoms with Gasteiger partial charge in [0, 0.05) is 0 Å². The van der Waals surface area contributed by atoms with E-state index in [0.717, 1.165) is 6.07 Å². The lowest BCUT2D eigenvalue weighted by molar-refractivity contribution is -0.0728. The third kappa shape index (κ3) is 6.01. The molecule has 0 saturated heterocycles. The largest absolute Gasteiger partial charge is 0.478 e. The highest BCUT2D eigenvalue weighted by Crippen LogP contribution is 2.02. The van der Waals surface area contributed by atoms with Crippen LogP contribution in [0.15, 0.2) is 24.3 Å². The lowest BCUT2D eigenvalue weighted by Gasteiger charge is -1.91. The van der Waals surface area contributed by atoms with Crippen molar-refractivity contribution in [3.8, 4) is 0 Å². The second-order valence-corrected chi connectivity index (χ2v) is 2.09. The van der Waals surface area contributed by atoms with Crippen LogP contribution in [-0.4, -0.2) is 22.8 Å². The van der Waals surface area contributed by atoms with Gasteiger partial charge in [0.1, 0.15) is 5.82 Å². The van der Waals surface area contributed by atoms with E-state index >= 15 is 0 Å². The van der Waals surface area contributed by atoms with E-state index in [9.17, 15) is 18.0 Å². The fourth-order valence-corrected chi connectivity index (χ4v) is 0.622. The van der Waals surface area contributed by atoms with Gasteiger partial charge in [-0.3, -0.25) is 0 Å². The molecule has 0 amide bonds. The van der Waals surface area contributed by atoms with Gasteiger partial charge in [0.25, 0.3) is 0 Å². The maximum absolute atomic E-state index is 12.3. The number of carboxylic acids is 1. The van der Waals surface area contributed by atoms with Crippen LogP contribution < -0.4 is 0 Å². The minimum absolute atomic E-state index is 0.0278. The third-order valence-electron chi connectivity index (χ3n) is 1.07. The molecule has 0 aromatic heterocycles. The topological polar surface area (TPSA) is 57.5 Å². The Bertz CT molecular complexity index is 299. The zero-order chi connectivity index (χ0) is 11.1. The first-order valence-electron chi connectivity index (χ1n) is 3.38. The van der Waals surface area contributed by atoms with Crippen LogP contribution in [0.5, 0.6) is 0 Å². The first kappa shape index (κ1) is 12.4. The summed E-state index contributed by atoms with van der Waals surface area (Å²) >= 11 is 0. The van der Waals surface area contributed by atoms with Crippen molar-refractivity contribution in [1.82, 2.24) is 0 Å². The lowest BCUT2D eigenvalue weighted by Crippen LogP contribution is -1.95. The number of aliphatic hydroxyl groups excluding tert-OH is 1. The molecule has 1 aromatic rings. The molecular weight excluding hydrogens is 201 g/mol. The molecule has 0 aliphatic heterocycles. The molecule has 0 atom stereocenters. The normalized spacial score (nSPS) is 9.21. The van der Waals surface area contributed by atoms with Crippen molar-refractivity contribution < 1.29 is 28.2 Å². The number of halogens is 3. The van der Waals surface area contributed by atoms with Gasteiger partial charge in [-0.15, -0.1) is 0 Å². The molecule has 2 N–H and O–H groups in total. The van der Waals surface area contributed by atoms with Crippen molar-refractivity contribution in [1.29, 1.82) is 0 Å². The number of carboxylic acid groups (broad SMARTS) is 1. The van der Waals surface area contributed by atoms with Crippen LogP contribution in [0.1, 0.15) is 10.4 Å². The lowest BCUT2D eigenvalue weighted by atomic mass is 10.2. The monoisotopic (exact) mass is 208 g/mol. The number of benzene rings is 1. The smallest absolute Gasteiger partial charge is 0.342 e. The van der Waals surface area contributed by atoms with Gasteiger partial charge in [-0.2, -0.15) is 8.78 Å². The molecule has 0 aliphatic carbocycles. The van der Waals surface area contributed by atoms with Crippen LogP contribution >= 0.6 is 0 Å². The van der Waals surface area contributed by atoms with Gasteiger partial charge < -0.3 is 10.2 Å². The Morgan fingerprint density at radius 1 is 1.36 bits per heavy atom. The van der Waals surface area contributed by atoms with Crippen molar-refractivity contribution in [3.05, 3.63) is 35.6 Å². The van der Waals surface area contributed by atoms with E-state index in [1.54, 1.807) is 0 Å². The Morgan fingerprint density at radius 2 is 1.86 bits per heavy atom. The summed E-state index contributed by atoms with van der Waals surface area (Å²) in [7, 11) is 0. The highest BCUT2D eigenvalue weighted by molar-refractivity contribution is 5.87. The fraction of sp³-hybridized carbons (Fsp3) is 0.125. The molecule has 78 valence electrons. The SMILES string of the molecule is O=C(O)c1cccc(F)c1.OC(F)F. The van der Waals surface area contributed by atoms with Gasteiger partial charge in [0.15, 0.2) is 0 Å². The van der Waals surface area contributed by atoms with E-state index in [1.807, 2.05) is 0 Å². The second-order valence-electron chi connectivity index (χ2n) is 2.09. The molecule has 1 aromatic carbocycles. The molecule has 6 heteroatoms. The standard InChI is InChI=1S/C7H5FO2.CH2F2O/c8-6-3-1-2-5(4-6)7(9)10;2-1(3)4/h1-4H,(H,9,10);1,4H. The summed E-state index contributed by atoms with van der Waals surface area (Å²) in [6.45, 7) is -3.17. The maximum atomic E-state index is 12.3. The maximum Gasteiger partial charge on any atom is 0.342 e.